The van der Waals surface area contributed by atoms with Gasteiger partial charge in [-0.2, -0.15) is 15.8 Å². The van der Waals surface area contributed by atoms with Crippen molar-refractivity contribution in [1.82, 2.24) is 24.1 Å². The standard InChI is InChI=1S/C76H66N8/c1-73(2,3)54-35-52(36-55(41-54)74(4,5)6)71-80-70(81-72(82-71)53-37-56(75(7,8)9)42-57(38-53)76(10,11)12)51-28-32-68(83-64-19-15-13-17-58(64)61-33-47(44-78)23-30-66(61)83)63(39-51)60-29-27-50(49-25-21-46(43-77)22-26-49)40-69(60)84-65-20-16-14-18-59(65)62-34-48(45-79)24-31-67(62)84/h13-42H,1-12H3. The number of nitrogens with zero attached hydrogens (tertiary/aromatic N) is 8. The molecule has 3 heterocycles. The Bertz CT molecular complexity index is 4630. The number of benzene rings is 9. The molecule has 0 amide bonds. The normalized spacial score (nSPS) is 12.2. The zero-order chi connectivity index (χ0) is 59.2. The van der Waals surface area contributed by atoms with Crippen molar-refractivity contribution in [3.8, 4) is 86.0 Å². The molecular formula is C76H66N8. The monoisotopic (exact) mass is 1090 g/mol. The smallest absolute Gasteiger partial charge is 0.164 e. The maximum atomic E-state index is 10.2. The van der Waals surface area contributed by atoms with Crippen molar-refractivity contribution >= 4 is 43.6 Å². The van der Waals surface area contributed by atoms with Crippen molar-refractivity contribution in [3.05, 3.63) is 221 Å². The SMILES string of the molecule is CC(C)(C)c1cc(-c2nc(-c3cc(C(C)(C)C)cc(C(C)(C)C)c3)nc(-c3ccc(-n4c5ccccc5c5cc(C#N)ccc54)c(-c4ccc(-c5ccc(C#N)cc5)cc4-n4c5ccccc5c5cc(C#N)ccc54)c3)n2)cc(C(C)(C)C)c1. The molecule has 0 radical (unpaired) electrons. The van der Waals surface area contributed by atoms with Gasteiger partial charge in [0.15, 0.2) is 17.5 Å². The number of hydrogen-bond donors (Lipinski definition) is 0. The van der Waals surface area contributed by atoms with Gasteiger partial charge in [0, 0.05) is 49.4 Å². The summed E-state index contributed by atoms with van der Waals surface area (Å²) in [6, 6.07) is 70.3. The van der Waals surface area contributed by atoms with Gasteiger partial charge in [0.2, 0.25) is 0 Å². The largest absolute Gasteiger partial charge is 0.309 e. The summed E-state index contributed by atoms with van der Waals surface area (Å²) in [5.41, 5.74) is 17.9. The van der Waals surface area contributed by atoms with Crippen molar-refractivity contribution in [2.45, 2.75) is 105 Å². The van der Waals surface area contributed by atoms with Crippen LogP contribution in [-0.4, -0.2) is 24.1 Å². The Balaban J connectivity index is 1.21. The molecule has 3 aromatic heterocycles. The predicted molar refractivity (Wildman–Crippen MR) is 345 cm³/mol. The van der Waals surface area contributed by atoms with Gasteiger partial charge >= 0.3 is 0 Å². The van der Waals surface area contributed by atoms with Crippen LogP contribution in [0, 0.1) is 34.0 Å². The molecule has 8 nitrogen and oxygen atoms in total. The first-order chi connectivity index (χ1) is 40.0. The van der Waals surface area contributed by atoms with Crippen LogP contribution in [0.15, 0.2) is 182 Å². The van der Waals surface area contributed by atoms with Crippen LogP contribution in [0.5, 0.6) is 0 Å². The van der Waals surface area contributed by atoms with E-state index in [1.165, 1.54) is 22.3 Å². The van der Waals surface area contributed by atoms with Gasteiger partial charge in [-0.25, -0.2) is 15.0 Å². The molecule has 0 aliphatic carbocycles. The van der Waals surface area contributed by atoms with Gasteiger partial charge in [0.05, 0.1) is 68.3 Å². The van der Waals surface area contributed by atoms with E-state index in [1.54, 1.807) is 0 Å². The minimum atomic E-state index is -0.160. The molecule has 9 aromatic carbocycles. The lowest BCUT2D eigenvalue weighted by Gasteiger charge is -2.26. The van der Waals surface area contributed by atoms with Crippen LogP contribution in [-0.2, 0) is 21.7 Å². The number of para-hydroxylation sites is 2. The second-order valence-electron chi connectivity index (χ2n) is 26.4. The van der Waals surface area contributed by atoms with Gasteiger partial charge < -0.3 is 9.13 Å². The lowest BCUT2D eigenvalue weighted by atomic mass is 9.79. The lowest BCUT2D eigenvalue weighted by molar-refractivity contribution is 0.568. The van der Waals surface area contributed by atoms with Gasteiger partial charge in [-0.3, -0.25) is 0 Å². The van der Waals surface area contributed by atoms with Gasteiger partial charge in [-0.05, 0) is 164 Å². The molecule has 12 rings (SSSR count). The Labute approximate surface area is 492 Å². The molecular weight excluding hydrogens is 1020 g/mol. The molecule has 0 unspecified atom stereocenters. The summed E-state index contributed by atoms with van der Waals surface area (Å²) in [5.74, 6) is 1.69. The van der Waals surface area contributed by atoms with Crippen molar-refractivity contribution in [1.29, 1.82) is 15.8 Å². The minimum Gasteiger partial charge on any atom is -0.309 e. The van der Waals surface area contributed by atoms with E-state index >= 15 is 0 Å². The van der Waals surface area contributed by atoms with Gasteiger partial charge in [0.1, 0.15) is 0 Å². The summed E-state index contributed by atoms with van der Waals surface area (Å²) in [7, 11) is 0. The van der Waals surface area contributed by atoms with Crippen molar-refractivity contribution in [2.75, 3.05) is 0 Å². The Hall–Kier alpha value is -9.94. The van der Waals surface area contributed by atoms with E-state index in [9.17, 15) is 15.8 Å². The summed E-state index contributed by atoms with van der Waals surface area (Å²) in [6.45, 7) is 27.1. The molecule has 0 aliphatic heterocycles. The van der Waals surface area contributed by atoms with Gasteiger partial charge in [-0.15, -0.1) is 0 Å². The summed E-state index contributed by atoms with van der Waals surface area (Å²) in [6.07, 6.45) is 0. The Morgan fingerprint density at radius 2 is 0.679 bits per heavy atom. The first-order valence-electron chi connectivity index (χ1n) is 28.7. The van der Waals surface area contributed by atoms with Gasteiger partial charge in [-0.1, -0.05) is 156 Å². The Morgan fingerprint density at radius 3 is 1.12 bits per heavy atom. The van der Waals surface area contributed by atoms with Crippen LogP contribution in [0.4, 0.5) is 0 Å². The third-order valence-corrected chi connectivity index (χ3v) is 16.5. The first-order valence-corrected chi connectivity index (χ1v) is 28.7. The average molecular weight is 1090 g/mol. The molecule has 8 heteroatoms. The second kappa shape index (κ2) is 20.2. The van der Waals surface area contributed by atoms with E-state index in [0.717, 1.165) is 93.9 Å². The number of rotatable bonds is 7. The maximum Gasteiger partial charge on any atom is 0.164 e. The van der Waals surface area contributed by atoms with E-state index in [1.807, 2.05) is 60.7 Å². The lowest BCUT2D eigenvalue weighted by Crippen LogP contribution is -2.17. The quantitative estimate of drug-likeness (QED) is 0.157. The highest BCUT2D eigenvalue weighted by Crippen LogP contribution is 2.45. The summed E-state index contributed by atoms with van der Waals surface area (Å²) >= 11 is 0. The zero-order valence-electron chi connectivity index (χ0n) is 49.9. The van der Waals surface area contributed by atoms with Crippen LogP contribution >= 0.6 is 0 Å². The molecule has 12 aromatic rings. The first kappa shape index (κ1) is 54.6. The van der Waals surface area contributed by atoms with E-state index < -0.39 is 0 Å². The van der Waals surface area contributed by atoms with Crippen molar-refractivity contribution in [3.63, 3.8) is 0 Å². The molecule has 0 aliphatic rings. The van der Waals surface area contributed by atoms with Gasteiger partial charge in [0.25, 0.3) is 0 Å². The highest BCUT2D eigenvalue weighted by molar-refractivity contribution is 6.12. The minimum absolute atomic E-state index is 0.160. The van der Waals surface area contributed by atoms with Crippen LogP contribution < -0.4 is 0 Å². The molecule has 0 N–H and O–H groups in total. The van der Waals surface area contributed by atoms with Crippen LogP contribution in [0.2, 0.25) is 0 Å². The van der Waals surface area contributed by atoms with Crippen LogP contribution in [0.25, 0.3) is 111 Å². The van der Waals surface area contributed by atoms with Crippen molar-refractivity contribution in [2.24, 2.45) is 0 Å². The van der Waals surface area contributed by atoms with Crippen LogP contribution in [0.3, 0.4) is 0 Å². The fourth-order valence-corrected chi connectivity index (χ4v) is 11.6. The maximum absolute atomic E-state index is 10.2. The van der Waals surface area contributed by atoms with E-state index in [-0.39, 0.29) is 21.7 Å². The van der Waals surface area contributed by atoms with E-state index in [2.05, 4.69) is 232 Å². The molecule has 84 heavy (non-hydrogen) atoms. The second-order valence-corrected chi connectivity index (χ2v) is 26.4. The highest BCUT2D eigenvalue weighted by atomic mass is 15.0. The molecule has 0 fully saturated rings. The molecule has 0 saturated heterocycles. The van der Waals surface area contributed by atoms with Crippen LogP contribution in [0.1, 0.15) is 122 Å². The van der Waals surface area contributed by atoms with Crippen molar-refractivity contribution < 1.29 is 0 Å². The third kappa shape index (κ3) is 9.86. The van der Waals surface area contributed by atoms with E-state index in [4.69, 9.17) is 15.0 Å². The average Bonchev–Trinajstić information content (AvgIpc) is 1.83. The fraction of sp³-hybridized carbons (Fsp3) is 0.211. The number of fused-ring (bicyclic) bond motifs is 6. The molecule has 0 atom stereocenters. The molecule has 0 saturated carbocycles. The van der Waals surface area contributed by atoms with E-state index in [0.29, 0.717) is 34.2 Å². The highest BCUT2D eigenvalue weighted by Gasteiger charge is 2.28. The zero-order valence-corrected chi connectivity index (χ0v) is 49.9. The summed E-state index contributed by atoms with van der Waals surface area (Å²) < 4.78 is 4.63. The fourth-order valence-electron chi connectivity index (χ4n) is 11.6. The number of nitriles is 3. The number of aromatic nitrogens is 5. The Kier molecular flexibility index (Phi) is 13.1. The predicted octanol–water partition coefficient (Wildman–Crippen LogP) is 19.2. The molecule has 0 bridgehead atoms. The number of hydrogen-bond acceptors (Lipinski definition) is 6. The Morgan fingerprint density at radius 1 is 0.298 bits per heavy atom. The summed E-state index contributed by atoms with van der Waals surface area (Å²) in [5, 5.41) is 34.3. The third-order valence-electron chi connectivity index (χ3n) is 16.5. The topological polar surface area (TPSA) is 120 Å². The molecule has 410 valence electrons. The molecule has 0 spiro atoms. The summed E-state index contributed by atoms with van der Waals surface area (Å²) in [4.78, 5) is 16.6.